The molecule has 4 atom stereocenters. The van der Waals surface area contributed by atoms with Crippen LogP contribution >= 0.6 is 7.60 Å². The van der Waals surface area contributed by atoms with Gasteiger partial charge in [-0.15, -0.1) is 0 Å². The van der Waals surface area contributed by atoms with E-state index in [1.54, 1.807) is 0 Å². The van der Waals surface area contributed by atoms with E-state index < -0.39 is 45.4 Å². The van der Waals surface area contributed by atoms with Gasteiger partial charge in [0.15, 0.2) is 9.84 Å². The van der Waals surface area contributed by atoms with E-state index in [0.29, 0.717) is 13.1 Å². The minimum absolute atomic E-state index is 0.0263. The number of carbonyl (C=O) groups is 1. The molecular formula is C17H33N2O8PS2. The summed E-state index contributed by atoms with van der Waals surface area (Å²) in [6.45, 7) is 3.79. The molecule has 2 fully saturated rings. The van der Waals surface area contributed by atoms with Crippen molar-refractivity contribution >= 4 is 33.6 Å². The standard InChI is InChI=1S/C17H33N2O8PS2/c1-3-14-6-18(4-5-20)7-16(14)11-30(26,27)12-17-9-19(13-28(21,22)23)8-15(17)10-29(2,24)25/h5,14-17H,3-4,6-13H2,1-2H3,(H2,21,22,23). The van der Waals surface area contributed by atoms with Crippen LogP contribution < -0.4 is 0 Å². The third-order valence-electron chi connectivity index (χ3n) is 6.00. The molecule has 30 heavy (non-hydrogen) atoms. The lowest BCUT2D eigenvalue weighted by Gasteiger charge is -2.21. The van der Waals surface area contributed by atoms with Crippen molar-refractivity contribution in [2.45, 2.75) is 13.3 Å². The Morgan fingerprint density at radius 2 is 1.37 bits per heavy atom. The third kappa shape index (κ3) is 8.29. The van der Waals surface area contributed by atoms with Crippen molar-refractivity contribution in [3.05, 3.63) is 0 Å². The summed E-state index contributed by atoms with van der Waals surface area (Å²) in [4.78, 5) is 32.7. The molecule has 2 aliphatic rings. The second-order valence-corrected chi connectivity index (χ2v) is 14.8. The molecule has 0 aromatic rings. The maximum absolute atomic E-state index is 13.0. The van der Waals surface area contributed by atoms with Crippen LogP contribution in [0.25, 0.3) is 0 Å². The van der Waals surface area contributed by atoms with Crippen molar-refractivity contribution in [1.82, 2.24) is 9.80 Å². The van der Waals surface area contributed by atoms with Gasteiger partial charge in [-0.2, -0.15) is 0 Å². The molecule has 4 unspecified atom stereocenters. The van der Waals surface area contributed by atoms with E-state index in [4.69, 9.17) is 0 Å². The number of sulfone groups is 2. The predicted octanol–water partition coefficient (Wildman–Crippen LogP) is -0.714. The van der Waals surface area contributed by atoms with Crippen molar-refractivity contribution in [2.75, 3.05) is 62.5 Å². The summed E-state index contributed by atoms with van der Waals surface area (Å²) in [5.74, 6) is -1.32. The van der Waals surface area contributed by atoms with Crippen LogP contribution in [-0.4, -0.2) is 105 Å². The highest BCUT2D eigenvalue weighted by atomic mass is 32.2. The highest BCUT2D eigenvalue weighted by Crippen LogP contribution is 2.39. The van der Waals surface area contributed by atoms with Crippen LogP contribution in [0, 0.1) is 23.7 Å². The lowest BCUT2D eigenvalue weighted by Crippen LogP contribution is -2.32. The summed E-state index contributed by atoms with van der Waals surface area (Å²) in [6, 6.07) is 0. The fourth-order valence-corrected chi connectivity index (χ4v) is 8.94. The Kier molecular flexibility index (Phi) is 8.68. The fourth-order valence-electron chi connectivity index (χ4n) is 4.84. The first-order chi connectivity index (χ1) is 13.7. The monoisotopic (exact) mass is 488 g/mol. The molecule has 2 saturated heterocycles. The molecule has 0 bridgehead atoms. The number of aldehydes is 1. The van der Waals surface area contributed by atoms with Crippen LogP contribution in [-0.2, 0) is 29.0 Å². The summed E-state index contributed by atoms with van der Waals surface area (Å²) in [5.41, 5.74) is 0. The molecule has 2 rings (SSSR count). The van der Waals surface area contributed by atoms with E-state index in [2.05, 4.69) is 0 Å². The third-order valence-corrected chi connectivity index (χ3v) is 9.67. The van der Waals surface area contributed by atoms with Gasteiger partial charge in [0.25, 0.3) is 0 Å². The zero-order valence-corrected chi connectivity index (χ0v) is 20.0. The van der Waals surface area contributed by atoms with Gasteiger partial charge in [0.2, 0.25) is 0 Å². The van der Waals surface area contributed by atoms with E-state index in [1.807, 2.05) is 11.8 Å². The van der Waals surface area contributed by atoms with Crippen LogP contribution in [0.1, 0.15) is 13.3 Å². The number of rotatable bonds is 11. The topological polar surface area (TPSA) is 149 Å². The molecule has 0 radical (unpaired) electrons. The largest absolute Gasteiger partial charge is 0.339 e. The summed E-state index contributed by atoms with van der Waals surface area (Å²) in [7, 11) is -11.2. The molecule has 0 spiro atoms. The molecule has 2 aliphatic heterocycles. The molecular weight excluding hydrogens is 455 g/mol. The SMILES string of the molecule is CCC1CN(CC=O)CC1CS(=O)(=O)CC1CN(CP(=O)(O)O)CC1CS(C)(=O)=O. The first-order valence-corrected chi connectivity index (χ1v) is 15.7. The van der Waals surface area contributed by atoms with Crippen LogP contribution in [0.2, 0.25) is 0 Å². The predicted molar refractivity (Wildman–Crippen MR) is 114 cm³/mol. The highest BCUT2D eigenvalue weighted by molar-refractivity contribution is 7.91. The molecule has 0 aromatic carbocycles. The quantitative estimate of drug-likeness (QED) is 0.282. The maximum Gasteiger partial charge on any atom is 0.339 e. The van der Waals surface area contributed by atoms with Crippen molar-refractivity contribution in [3.8, 4) is 0 Å². The molecule has 0 amide bonds. The van der Waals surface area contributed by atoms with E-state index in [-0.39, 0.29) is 48.7 Å². The molecule has 0 saturated carbocycles. The van der Waals surface area contributed by atoms with Gasteiger partial charge in [-0.3, -0.25) is 14.4 Å². The van der Waals surface area contributed by atoms with Crippen LogP contribution in [0.4, 0.5) is 0 Å². The fraction of sp³-hybridized carbons (Fsp3) is 0.941. The van der Waals surface area contributed by atoms with Crippen molar-refractivity contribution < 1.29 is 36.0 Å². The minimum atomic E-state index is -4.33. The van der Waals surface area contributed by atoms with Gasteiger partial charge >= 0.3 is 7.60 Å². The number of hydrogen-bond acceptors (Lipinski definition) is 8. The van der Waals surface area contributed by atoms with Gasteiger partial charge in [-0.25, -0.2) is 16.8 Å². The molecule has 2 heterocycles. The normalized spacial score (nSPS) is 29.5. The second kappa shape index (κ2) is 10.1. The first-order valence-electron chi connectivity index (χ1n) is 10.0. The van der Waals surface area contributed by atoms with E-state index in [9.17, 15) is 36.0 Å². The number of likely N-dealkylation sites (tertiary alicyclic amines) is 2. The molecule has 2 N–H and O–H groups in total. The molecule has 10 nitrogen and oxygen atoms in total. The van der Waals surface area contributed by atoms with Crippen molar-refractivity contribution in [3.63, 3.8) is 0 Å². The van der Waals surface area contributed by atoms with Crippen LogP contribution in [0.3, 0.4) is 0 Å². The van der Waals surface area contributed by atoms with Gasteiger partial charge in [0.05, 0.1) is 23.8 Å². The highest BCUT2D eigenvalue weighted by Gasteiger charge is 2.41. The van der Waals surface area contributed by atoms with Gasteiger partial charge < -0.3 is 14.6 Å². The first kappa shape index (κ1) is 25.9. The van der Waals surface area contributed by atoms with Crippen LogP contribution in [0.5, 0.6) is 0 Å². The van der Waals surface area contributed by atoms with E-state index in [0.717, 1.165) is 19.0 Å². The zero-order chi connectivity index (χ0) is 22.7. The molecule has 0 aromatic heterocycles. The molecule has 13 heteroatoms. The number of hydrogen-bond donors (Lipinski definition) is 2. The lowest BCUT2D eigenvalue weighted by molar-refractivity contribution is -0.108. The van der Waals surface area contributed by atoms with Crippen molar-refractivity contribution in [2.24, 2.45) is 23.7 Å². The summed E-state index contributed by atoms with van der Waals surface area (Å²) in [6.07, 6.45) is 2.19. The van der Waals surface area contributed by atoms with E-state index >= 15 is 0 Å². The Hall–Kier alpha value is -0.360. The second-order valence-electron chi connectivity index (χ2n) is 8.85. The van der Waals surface area contributed by atoms with Gasteiger partial charge in [0.1, 0.15) is 22.4 Å². The van der Waals surface area contributed by atoms with Crippen molar-refractivity contribution in [1.29, 1.82) is 0 Å². The summed E-state index contributed by atoms with van der Waals surface area (Å²) >= 11 is 0. The Morgan fingerprint density at radius 1 is 0.900 bits per heavy atom. The smallest absolute Gasteiger partial charge is 0.324 e. The van der Waals surface area contributed by atoms with Gasteiger partial charge in [-0.05, 0) is 23.7 Å². The Bertz CT molecular complexity index is 857. The van der Waals surface area contributed by atoms with Crippen LogP contribution in [0.15, 0.2) is 0 Å². The maximum atomic E-state index is 13.0. The van der Waals surface area contributed by atoms with E-state index in [1.165, 1.54) is 4.90 Å². The van der Waals surface area contributed by atoms with Gasteiger partial charge in [0, 0.05) is 32.4 Å². The summed E-state index contributed by atoms with van der Waals surface area (Å²) < 4.78 is 60.9. The molecule has 0 aliphatic carbocycles. The number of nitrogens with zero attached hydrogens (tertiary/aromatic N) is 2. The average Bonchev–Trinajstić information content (AvgIpc) is 3.07. The Balaban J connectivity index is 2.09. The molecule has 176 valence electrons. The summed E-state index contributed by atoms with van der Waals surface area (Å²) in [5, 5.41) is 0. The lowest BCUT2D eigenvalue weighted by atomic mass is 9.96. The Labute approximate surface area is 179 Å². The minimum Gasteiger partial charge on any atom is -0.324 e. The van der Waals surface area contributed by atoms with Gasteiger partial charge in [-0.1, -0.05) is 13.3 Å². The Morgan fingerprint density at radius 3 is 1.83 bits per heavy atom. The number of carbonyl (C=O) groups excluding carboxylic acids is 1. The average molecular weight is 489 g/mol. The zero-order valence-electron chi connectivity index (χ0n) is 17.5.